The Hall–Kier alpha value is -4.13. The fourth-order valence-corrected chi connectivity index (χ4v) is 4.02. The fraction of sp³-hybridized carbons (Fsp3) is 0.0800. The molecule has 0 spiro atoms. The van der Waals surface area contributed by atoms with E-state index in [4.69, 9.17) is 10.2 Å². The topological polar surface area (TPSA) is 70.4 Å². The first-order chi connectivity index (χ1) is 15.5. The van der Waals surface area contributed by atoms with Crippen LogP contribution in [0.1, 0.15) is 15.9 Å². The van der Waals surface area contributed by atoms with Crippen molar-refractivity contribution in [2.75, 3.05) is 0 Å². The molecule has 32 heavy (non-hydrogen) atoms. The van der Waals surface area contributed by atoms with E-state index in [0.717, 1.165) is 27.5 Å². The largest absolute Gasteiger partial charge is 0.464 e. The second kappa shape index (κ2) is 7.85. The van der Waals surface area contributed by atoms with E-state index in [1.165, 1.54) is 6.07 Å². The number of halogens is 2. The zero-order chi connectivity index (χ0) is 22.2. The third-order valence-corrected chi connectivity index (χ3v) is 5.33. The Labute approximate surface area is 181 Å². The summed E-state index contributed by atoms with van der Waals surface area (Å²) < 4.78 is 37.4. The number of alkyl halides is 2. The predicted octanol–water partition coefficient (Wildman–Crippen LogP) is 5.60. The number of primary amides is 1. The van der Waals surface area contributed by atoms with Gasteiger partial charge in [0.05, 0.1) is 17.3 Å². The minimum atomic E-state index is -2.90. The van der Waals surface area contributed by atoms with Gasteiger partial charge in [-0.25, -0.2) is 0 Å². The smallest absolute Gasteiger partial charge is 0.387 e. The second-order valence-electron chi connectivity index (χ2n) is 7.30. The summed E-state index contributed by atoms with van der Waals surface area (Å²) in [7, 11) is 0. The van der Waals surface area contributed by atoms with Crippen molar-refractivity contribution >= 4 is 27.7 Å². The van der Waals surface area contributed by atoms with E-state index < -0.39 is 12.5 Å². The molecular formula is C25H17F2N2O3. The van der Waals surface area contributed by atoms with Crippen LogP contribution in [0.15, 0.2) is 77.4 Å². The number of carbonyl (C=O) groups is 1. The van der Waals surface area contributed by atoms with Crippen molar-refractivity contribution in [2.24, 2.45) is 5.73 Å². The summed E-state index contributed by atoms with van der Waals surface area (Å²) in [6.45, 7) is -2.54. The molecule has 5 rings (SSSR count). The lowest BCUT2D eigenvalue weighted by Gasteiger charge is -2.11. The van der Waals surface area contributed by atoms with E-state index in [1.54, 1.807) is 42.7 Å². The minimum Gasteiger partial charge on any atom is -0.464 e. The van der Waals surface area contributed by atoms with Gasteiger partial charge >= 0.3 is 6.61 Å². The van der Waals surface area contributed by atoms with E-state index in [1.807, 2.05) is 28.8 Å². The van der Waals surface area contributed by atoms with Crippen LogP contribution < -0.4 is 10.5 Å². The molecule has 1 radical (unpaired) electrons. The zero-order valence-corrected chi connectivity index (χ0v) is 16.7. The monoisotopic (exact) mass is 431 g/mol. The number of fused-ring (bicyclic) bond motifs is 3. The highest BCUT2D eigenvalue weighted by Crippen LogP contribution is 2.35. The van der Waals surface area contributed by atoms with Crippen LogP contribution in [-0.4, -0.2) is 17.1 Å². The third kappa shape index (κ3) is 3.47. The normalized spacial score (nSPS) is 11.5. The van der Waals surface area contributed by atoms with Crippen molar-refractivity contribution in [3.8, 4) is 17.1 Å². The number of aromatic nitrogens is 1. The molecule has 5 aromatic rings. The van der Waals surface area contributed by atoms with Crippen LogP contribution in [0.5, 0.6) is 5.75 Å². The molecule has 7 heteroatoms. The molecule has 2 aromatic heterocycles. The van der Waals surface area contributed by atoms with Gasteiger partial charge in [0.15, 0.2) is 0 Å². The van der Waals surface area contributed by atoms with Crippen LogP contribution in [0.2, 0.25) is 0 Å². The Bertz CT molecular complexity index is 1440. The van der Waals surface area contributed by atoms with E-state index in [2.05, 4.69) is 10.8 Å². The summed E-state index contributed by atoms with van der Waals surface area (Å²) in [4.78, 5) is 12.1. The van der Waals surface area contributed by atoms with Gasteiger partial charge in [-0.05, 0) is 60.2 Å². The van der Waals surface area contributed by atoms with Crippen LogP contribution >= 0.6 is 0 Å². The second-order valence-corrected chi connectivity index (χ2v) is 7.30. The summed E-state index contributed by atoms with van der Waals surface area (Å²) in [5, 5.41) is 1.44. The summed E-state index contributed by atoms with van der Waals surface area (Å²) in [6, 6.07) is 22.6. The summed E-state index contributed by atoms with van der Waals surface area (Å²) in [5.41, 5.74) is 9.20. The maximum absolute atomic E-state index is 12.7. The Balaban J connectivity index is 1.73. The standard InChI is InChI=1S/C25H17F2N2O3/c26-25(27)32-17-5-1-4-15(12-17)14-29-20-7-2-6-19(24(28)30)23(20)18-10-9-16(13-21(18)29)22-8-3-11-31-22/h1-9,11-13,25H,14H2,(H2,28,30). The van der Waals surface area contributed by atoms with Crippen molar-refractivity contribution in [1.29, 1.82) is 0 Å². The van der Waals surface area contributed by atoms with Gasteiger partial charge in [0.1, 0.15) is 11.5 Å². The van der Waals surface area contributed by atoms with Gasteiger partial charge in [0.25, 0.3) is 0 Å². The molecule has 0 aliphatic heterocycles. The number of hydrogen-bond donors (Lipinski definition) is 1. The van der Waals surface area contributed by atoms with Crippen LogP contribution in [0.3, 0.4) is 0 Å². The highest BCUT2D eigenvalue weighted by atomic mass is 19.3. The average Bonchev–Trinajstić information content (AvgIpc) is 3.41. The molecule has 0 atom stereocenters. The van der Waals surface area contributed by atoms with Gasteiger partial charge in [-0.2, -0.15) is 8.78 Å². The van der Waals surface area contributed by atoms with Gasteiger partial charge in [-0.15, -0.1) is 0 Å². The molecular weight excluding hydrogens is 414 g/mol. The summed E-state index contributed by atoms with van der Waals surface area (Å²) in [6.07, 6.45) is 1.59. The van der Waals surface area contributed by atoms with Crippen molar-refractivity contribution in [3.63, 3.8) is 0 Å². The lowest BCUT2D eigenvalue weighted by Crippen LogP contribution is -2.11. The van der Waals surface area contributed by atoms with Crippen LogP contribution in [0.4, 0.5) is 8.78 Å². The minimum absolute atomic E-state index is 0.0823. The Morgan fingerprint density at radius 2 is 1.94 bits per heavy atom. The molecule has 0 bridgehead atoms. The number of hydrogen-bond acceptors (Lipinski definition) is 3. The maximum atomic E-state index is 12.7. The maximum Gasteiger partial charge on any atom is 0.387 e. The first-order valence-electron chi connectivity index (χ1n) is 9.85. The number of ether oxygens (including phenoxy) is 1. The number of rotatable bonds is 6. The molecule has 2 heterocycles. The lowest BCUT2D eigenvalue weighted by molar-refractivity contribution is -0.0498. The van der Waals surface area contributed by atoms with Crippen molar-refractivity contribution in [1.82, 2.24) is 4.57 Å². The molecule has 159 valence electrons. The first-order valence-corrected chi connectivity index (χ1v) is 9.85. The number of benzene rings is 3. The number of carbonyl (C=O) groups excluding carboxylic acids is 1. The highest BCUT2D eigenvalue weighted by molar-refractivity contribution is 6.18. The van der Waals surface area contributed by atoms with E-state index >= 15 is 0 Å². The van der Waals surface area contributed by atoms with Crippen LogP contribution in [0.25, 0.3) is 33.1 Å². The molecule has 3 aromatic carbocycles. The number of amides is 1. The molecule has 2 N–H and O–H groups in total. The van der Waals surface area contributed by atoms with Gasteiger partial charge < -0.3 is 19.5 Å². The molecule has 0 saturated carbocycles. The molecule has 0 fully saturated rings. The Morgan fingerprint density at radius 1 is 1.09 bits per heavy atom. The SMILES string of the molecule is NC(=O)c1cccc2c1c1[c]cc(-c3ccco3)cc1n2Cc1cccc(OC(F)F)c1. The predicted molar refractivity (Wildman–Crippen MR) is 117 cm³/mol. The number of nitrogens with zero attached hydrogens (tertiary/aromatic N) is 1. The highest BCUT2D eigenvalue weighted by Gasteiger charge is 2.18. The van der Waals surface area contributed by atoms with Crippen molar-refractivity contribution in [3.05, 3.63) is 90.2 Å². The molecule has 0 saturated heterocycles. The van der Waals surface area contributed by atoms with E-state index in [9.17, 15) is 13.6 Å². The molecule has 0 unspecified atom stereocenters. The molecule has 0 aliphatic rings. The molecule has 1 amide bonds. The third-order valence-electron chi connectivity index (χ3n) is 5.33. The number of nitrogens with two attached hydrogens (primary N) is 1. The van der Waals surface area contributed by atoms with Gasteiger partial charge in [0.2, 0.25) is 5.91 Å². The Morgan fingerprint density at radius 3 is 2.69 bits per heavy atom. The van der Waals surface area contributed by atoms with Gasteiger partial charge in [-0.1, -0.05) is 18.2 Å². The summed E-state index contributed by atoms with van der Waals surface area (Å²) in [5.74, 6) is 0.229. The van der Waals surface area contributed by atoms with Crippen LogP contribution in [0, 0.1) is 6.07 Å². The van der Waals surface area contributed by atoms with Crippen molar-refractivity contribution < 1.29 is 22.7 Å². The zero-order valence-electron chi connectivity index (χ0n) is 16.7. The molecule has 5 nitrogen and oxygen atoms in total. The van der Waals surface area contributed by atoms with Gasteiger partial charge in [0, 0.05) is 28.4 Å². The quantitative estimate of drug-likeness (QED) is 0.380. The molecule has 0 aliphatic carbocycles. The lowest BCUT2D eigenvalue weighted by atomic mass is 10.0. The first kappa shape index (κ1) is 19.8. The van der Waals surface area contributed by atoms with E-state index in [0.29, 0.717) is 23.3 Å². The van der Waals surface area contributed by atoms with Gasteiger partial charge in [-0.3, -0.25) is 4.79 Å². The summed E-state index contributed by atoms with van der Waals surface area (Å²) >= 11 is 0. The Kier molecular flexibility index (Phi) is 4.86. The van der Waals surface area contributed by atoms with E-state index in [-0.39, 0.29) is 5.75 Å². The fourth-order valence-electron chi connectivity index (χ4n) is 4.02. The van der Waals surface area contributed by atoms with Crippen LogP contribution in [-0.2, 0) is 6.54 Å². The average molecular weight is 431 g/mol. The van der Waals surface area contributed by atoms with Crippen molar-refractivity contribution in [2.45, 2.75) is 13.2 Å². The number of furan rings is 1.